The lowest BCUT2D eigenvalue weighted by Crippen LogP contribution is -2.52. The van der Waals surface area contributed by atoms with Crippen LogP contribution in [0.5, 0.6) is 0 Å². The quantitative estimate of drug-likeness (QED) is 0.384. The number of amides is 2. The summed E-state index contributed by atoms with van der Waals surface area (Å²) in [5, 5.41) is 5.59. The van der Waals surface area contributed by atoms with E-state index in [0.717, 1.165) is 11.1 Å². The maximum Gasteiger partial charge on any atom is 0.408 e. The summed E-state index contributed by atoms with van der Waals surface area (Å²) >= 11 is 0. The maximum atomic E-state index is 13.4. The highest BCUT2D eigenvalue weighted by atomic mass is 32.2. The number of carbonyl (C=O) groups is 2. The van der Waals surface area contributed by atoms with Crippen LogP contribution < -0.4 is 16.4 Å². The molecule has 0 radical (unpaired) electrons. The topological polar surface area (TPSA) is 131 Å². The molecule has 10 heteroatoms. The Hall–Kier alpha value is -3.73. The van der Waals surface area contributed by atoms with Crippen molar-refractivity contribution in [3.63, 3.8) is 0 Å². The number of ether oxygens (including phenoxy) is 1. The Morgan fingerprint density at radius 1 is 0.921 bits per heavy atom. The zero-order valence-electron chi connectivity index (χ0n) is 21.0. The van der Waals surface area contributed by atoms with Gasteiger partial charge in [-0.3, -0.25) is 4.79 Å². The average Bonchev–Trinajstić information content (AvgIpc) is 2.96. The number of benzene rings is 3. The van der Waals surface area contributed by atoms with E-state index in [4.69, 9.17) is 10.5 Å². The second-order valence-corrected chi connectivity index (χ2v) is 11.1. The zero-order valence-corrected chi connectivity index (χ0v) is 21.8. The third kappa shape index (κ3) is 6.97. The molecular weight excluding hydrogens is 504 g/mol. The van der Waals surface area contributed by atoms with Crippen LogP contribution in [0.2, 0.25) is 0 Å². The van der Waals surface area contributed by atoms with Crippen molar-refractivity contribution in [2.45, 2.75) is 36.9 Å². The predicted molar refractivity (Wildman–Crippen MR) is 144 cm³/mol. The lowest BCUT2D eigenvalue weighted by atomic mass is 9.89. The summed E-state index contributed by atoms with van der Waals surface area (Å²) in [6, 6.07) is 23.8. The molecule has 1 heterocycles. The number of hydrogen-bond donors (Lipinski definition) is 3. The highest BCUT2D eigenvalue weighted by molar-refractivity contribution is 7.89. The molecule has 1 fully saturated rings. The summed E-state index contributed by atoms with van der Waals surface area (Å²) in [6.45, 7) is 0.850. The van der Waals surface area contributed by atoms with Crippen molar-refractivity contribution in [1.29, 1.82) is 0 Å². The fourth-order valence-corrected chi connectivity index (χ4v) is 5.97. The van der Waals surface area contributed by atoms with E-state index in [1.54, 1.807) is 48.5 Å². The van der Waals surface area contributed by atoms with Crippen LogP contribution in [-0.2, 0) is 32.7 Å². The molecule has 0 bridgehead atoms. The number of alkyl carbamates (subject to hydrolysis) is 1. The number of anilines is 1. The fourth-order valence-electron chi connectivity index (χ4n) is 4.48. The van der Waals surface area contributed by atoms with Gasteiger partial charge in [0.05, 0.1) is 4.90 Å². The second-order valence-electron chi connectivity index (χ2n) is 9.13. The van der Waals surface area contributed by atoms with Gasteiger partial charge in [-0.05, 0) is 54.2 Å². The predicted octanol–water partition coefficient (Wildman–Crippen LogP) is 3.48. The van der Waals surface area contributed by atoms with Gasteiger partial charge in [0.2, 0.25) is 15.9 Å². The number of nitrogens with two attached hydrogens (primary N) is 1. The van der Waals surface area contributed by atoms with Crippen LogP contribution >= 0.6 is 0 Å². The summed E-state index contributed by atoms with van der Waals surface area (Å²) in [4.78, 5) is 26.3. The summed E-state index contributed by atoms with van der Waals surface area (Å²) < 4.78 is 32.9. The number of nitrogens with one attached hydrogen (secondary N) is 2. The van der Waals surface area contributed by atoms with E-state index < -0.39 is 28.1 Å². The average molecular weight is 537 g/mol. The van der Waals surface area contributed by atoms with Crippen molar-refractivity contribution in [1.82, 2.24) is 9.62 Å². The molecule has 0 spiro atoms. The molecule has 1 aliphatic heterocycles. The Bertz CT molecular complexity index is 1330. The highest BCUT2D eigenvalue weighted by Gasteiger charge is 2.36. The van der Waals surface area contributed by atoms with Crippen LogP contribution in [0.1, 0.15) is 24.0 Å². The van der Waals surface area contributed by atoms with Gasteiger partial charge < -0.3 is 21.1 Å². The molecule has 0 unspecified atom stereocenters. The lowest BCUT2D eigenvalue weighted by Gasteiger charge is -2.35. The van der Waals surface area contributed by atoms with Gasteiger partial charge >= 0.3 is 6.09 Å². The molecule has 1 aliphatic rings. The van der Waals surface area contributed by atoms with Crippen molar-refractivity contribution >= 4 is 27.7 Å². The van der Waals surface area contributed by atoms with Gasteiger partial charge in [0.1, 0.15) is 12.6 Å². The van der Waals surface area contributed by atoms with Crippen LogP contribution in [-0.4, -0.2) is 43.9 Å². The molecule has 38 heavy (non-hydrogen) atoms. The molecule has 0 aliphatic carbocycles. The van der Waals surface area contributed by atoms with Crippen molar-refractivity contribution < 1.29 is 22.7 Å². The Balaban J connectivity index is 1.45. The lowest BCUT2D eigenvalue weighted by molar-refractivity contribution is -0.119. The van der Waals surface area contributed by atoms with Gasteiger partial charge in [-0.15, -0.1) is 0 Å². The van der Waals surface area contributed by atoms with Gasteiger partial charge in [-0.1, -0.05) is 60.7 Å². The second kappa shape index (κ2) is 12.7. The molecule has 3 aromatic carbocycles. The number of sulfonamides is 1. The van der Waals surface area contributed by atoms with E-state index in [9.17, 15) is 18.0 Å². The van der Waals surface area contributed by atoms with E-state index >= 15 is 0 Å². The smallest absolute Gasteiger partial charge is 0.408 e. The summed E-state index contributed by atoms with van der Waals surface area (Å²) in [7, 11) is -3.64. The fraction of sp³-hybridized carbons (Fsp3) is 0.286. The first-order valence-electron chi connectivity index (χ1n) is 12.5. The first-order valence-corrected chi connectivity index (χ1v) is 13.9. The highest BCUT2D eigenvalue weighted by Crippen LogP contribution is 2.27. The van der Waals surface area contributed by atoms with Crippen LogP contribution in [0, 0.1) is 5.92 Å². The Labute approximate surface area is 223 Å². The summed E-state index contributed by atoms with van der Waals surface area (Å²) in [5.41, 5.74) is 7.96. The van der Waals surface area contributed by atoms with E-state index in [1.165, 1.54) is 4.31 Å². The SMILES string of the molecule is NCc1cccc(NC(=O)[C@H](NC(=O)OCc2ccccc2)C2CCN(S(=O)(=O)c3ccccc3)CC2)c1. The Morgan fingerprint density at radius 2 is 1.55 bits per heavy atom. The number of piperidine rings is 1. The maximum absolute atomic E-state index is 13.4. The minimum absolute atomic E-state index is 0.0628. The molecule has 9 nitrogen and oxygen atoms in total. The number of carbonyl (C=O) groups excluding carboxylic acids is 2. The third-order valence-corrected chi connectivity index (χ3v) is 8.46. The van der Waals surface area contributed by atoms with Gasteiger partial charge in [0.15, 0.2) is 0 Å². The van der Waals surface area contributed by atoms with Crippen molar-refractivity contribution in [3.8, 4) is 0 Å². The molecule has 4 rings (SSSR count). The molecule has 0 aromatic heterocycles. The zero-order chi connectivity index (χ0) is 27.0. The number of nitrogens with zero attached hydrogens (tertiary/aromatic N) is 1. The molecule has 3 aromatic rings. The Kier molecular flexibility index (Phi) is 9.11. The van der Waals surface area contributed by atoms with Gasteiger partial charge in [-0.25, -0.2) is 13.2 Å². The van der Waals surface area contributed by atoms with Crippen molar-refractivity contribution in [2.24, 2.45) is 11.7 Å². The summed E-state index contributed by atoms with van der Waals surface area (Å²) in [6.07, 6.45) is 0.0711. The normalized spacial score (nSPS) is 15.4. The largest absolute Gasteiger partial charge is 0.445 e. The van der Waals surface area contributed by atoms with E-state index in [1.807, 2.05) is 36.4 Å². The van der Waals surface area contributed by atoms with E-state index in [2.05, 4.69) is 10.6 Å². The van der Waals surface area contributed by atoms with Crippen LogP contribution in [0.25, 0.3) is 0 Å². The van der Waals surface area contributed by atoms with Gasteiger partial charge in [0.25, 0.3) is 0 Å². The van der Waals surface area contributed by atoms with E-state index in [-0.39, 0.29) is 30.5 Å². The monoisotopic (exact) mass is 536 g/mol. The molecular formula is C28H32N4O5S. The first-order chi connectivity index (χ1) is 18.4. The van der Waals surface area contributed by atoms with Crippen LogP contribution in [0.15, 0.2) is 89.8 Å². The van der Waals surface area contributed by atoms with Gasteiger partial charge in [-0.2, -0.15) is 4.31 Å². The molecule has 0 saturated carbocycles. The number of rotatable bonds is 9. The van der Waals surface area contributed by atoms with Crippen LogP contribution in [0.3, 0.4) is 0 Å². The van der Waals surface area contributed by atoms with Gasteiger partial charge in [0, 0.05) is 25.3 Å². The Morgan fingerprint density at radius 3 is 2.21 bits per heavy atom. The van der Waals surface area contributed by atoms with Crippen molar-refractivity contribution in [3.05, 3.63) is 96.1 Å². The minimum atomic E-state index is -3.64. The summed E-state index contributed by atoms with van der Waals surface area (Å²) in [5.74, 6) is -0.695. The third-order valence-electron chi connectivity index (χ3n) is 6.55. The standard InChI is InChI=1S/C28H32N4O5S/c29-19-22-10-7-11-24(18-22)30-27(33)26(31-28(34)37-20-21-8-3-1-4-9-21)23-14-16-32(17-15-23)38(35,36)25-12-5-2-6-13-25/h1-13,18,23,26H,14-17,19-20,29H2,(H,30,33)(H,31,34)/t26-/m1/s1. The number of hydrogen-bond acceptors (Lipinski definition) is 6. The molecule has 4 N–H and O–H groups in total. The molecule has 1 saturated heterocycles. The minimum Gasteiger partial charge on any atom is -0.445 e. The van der Waals surface area contributed by atoms with Crippen LogP contribution in [0.4, 0.5) is 10.5 Å². The first kappa shape index (κ1) is 27.3. The molecule has 2 amide bonds. The molecule has 200 valence electrons. The van der Waals surface area contributed by atoms with E-state index in [0.29, 0.717) is 25.1 Å². The van der Waals surface area contributed by atoms with Crippen molar-refractivity contribution in [2.75, 3.05) is 18.4 Å². The molecule has 1 atom stereocenters.